The molecule has 0 fully saturated rings. The van der Waals surface area contributed by atoms with Crippen molar-refractivity contribution in [2.45, 2.75) is 117 Å². The standard InChI is InChI=1S/C23H38O5/c1-18(27-20(3)24)16-14-12-10-8-6-4-5-7-9-11-13-15-17-21-19(2)22(25)28-23(21)26/h18H,4-17H2,1-3H3. The van der Waals surface area contributed by atoms with Crippen LogP contribution in [0.3, 0.4) is 0 Å². The number of hydrogen-bond donors (Lipinski definition) is 0. The number of carbonyl (C=O) groups is 3. The van der Waals surface area contributed by atoms with Gasteiger partial charge in [-0.3, -0.25) is 4.79 Å². The minimum Gasteiger partial charge on any atom is -0.463 e. The van der Waals surface area contributed by atoms with Gasteiger partial charge in [0.25, 0.3) is 0 Å². The summed E-state index contributed by atoms with van der Waals surface area (Å²) in [5.74, 6) is -1.10. The zero-order chi connectivity index (χ0) is 20.8. The third-order valence-electron chi connectivity index (χ3n) is 5.35. The van der Waals surface area contributed by atoms with Gasteiger partial charge in [0, 0.05) is 18.1 Å². The van der Waals surface area contributed by atoms with Gasteiger partial charge in [-0.05, 0) is 39.5 Å². The van der Waals surface area contributed by atoms with Gasteiger partial charge in [-0.1, -0.05) is 64.2 Å². The Morgan fingerprint density at radius 3 is 1.71 bits per heavy atom. The van der Waals surface area contributed by atoms with E-state index in [0.29, 0.717) is 17.6 Å². The molecule has 28 heavy (non-hydrogen) atoms. The van der Waals surface area contributed by atoms with Crippen molar-refractivity contribution in [1.82, 2.24) is 0 Å². The molecule has 160 valence electrons. The Bertz CT molecular complexity index is 535. The van der Waals surface area contributed by atoms with Crippen LogP contribution in [0.15, 0.2) is 11.1 Å². The molecule has 0 bridgehead atoms. The fourth-order valence-electron chi connectivity index (χ4n) is 3.63. The second-order valence-electron chi connectivity index (χ2n) is 7.98. The average molecular weight is 395 g/mol. The largest absolute Gasteiger partial charge is 0.463 e. The Morgan fingerprint density at radius 2 is 1.29 bits per heavy atom. The number of hydrogen-bond acceptors (Lipinski definition) is 5. The fraction of sp³-hybridized carbons (Fsp3) is 0.783. The highest BCUT2D eigenvalue weighted by molar-refractivity contribution is 6.11. The summed E-state index contributed by atoms with van der Waals surface area (Å²) in [4.78, 5) is 33.6. The molecule has 0 N–H and O–H groups in total. The van der Waals surface area contributed by atoms with Crippen molar-refractivity contribution in [1.29, 1.82) is 0 Å². The molecule has 0 saturated carbocycles. The molecule has 1 aliphatic heterocycles. The number of esters is 3. The lowest BCUT2D eigenvalue weighted by Crippen LogP contribution is -2.11. The van der Waals surface area contributed by atoms with E-state index in [4.69, 9.17) is 4.74 Å². The quantitative estimate of drug-likeness (QED) is 0.188. The zero-order valence-electron chi connectivity index (χ0n) is 18.0. The highest BCUT2D eigenvalue weighted by Gasteiger charge is 2.28. The summed E-state index contributed by atoms with van der Waals surface area (Å²) in [5, 5.41) is 0. The second-order valence-corrected chi connectivity index (χ2v) is 7.98. The molecule has 0 aromatic rings. The summed E-state index contributed by atoms with van der Waals surface area (Å²) in [5.41, 5.74) is 1.06. The van der Waals surface area contributed by atoms with E-state index in [9.17, 15) is 14.4 Å². The summed E-state index contributed by atoms with van der Waals surface area (Å²) in [6, 6.07) is 0. The average Bonchev–Trinajstić information content (AvgIpc) is 2.87. The van der Waals surface area contributed by atoms with Gasteiger partial charge < -0.3 is 9.47 Å². The van der Waals surface area contributed by atoms with E-state index < -0.39 is 11.9 Å². The van der Waals surface area contributed by atoms with Crippen LogP contribution < -0.4 is 0 Å². The molecule has 5 nitrogen and oxygen atoms in total. The first-order valence-electron chi connectivity index (χ1n) is 11.0. The molecule has 0 aromatic carbocycles. The molecule has 1 aliphatic rings. The van der Waals surface area contributed by atoms with Crippen molar-refractivity contribution < 1.29 is 23.9 Å². The number of rotatable bonds is 16. The first-order valence-corrected chi connectivity index (χ1v) is 11.0. The Balaban J connectivity index is 1.83. The molecule has 0 aromatic heterocycles. The van der Waals surface area contributed by atoms with Crippen molar-refractivity contribution in [3.8, 4) is 0 Å². The molecule has 0 amide bonds. The molecule has 0 spiro atoms. The maximum Gasteiger partial charge on any atom is 0.342 e. The van der Waals surface area contributed by atoms with E-state index in [1.54, 1.807) is 6.92 Å². The predicted molar refractivity (Wildman–Crippen MR) is 110 cm³/mol. The van der Waals surface area contributed by atoms with Crippen molar-refractivity contribution in [2.24, 2.45) is 0 Å². The number of unbranched alkanes of at least 4 members (excludes halogenated alkanes) is 11. The van der Waals surface area contributed by atoms with Gasteiger partial charge in [-0.25, -0.2) is 9.59 Å². The molecule has 1 unspecified atom stereocenters. The van der Waals surface area contributed by atoms with Gasteiger partial charge in [-0.15, -0.1) is 0 Å². The van der Waals surface area contributed by atoms with Crippen LogP contribution in [0.2, 0.25) is 0 Å². The summed E-state index contributed by atoms with van der Waals surface area (Å²) >= 11 is 0. The molecular formula is C23H38O5. The van der Waals surface area contributed by atoms with E-state index in [1.165, 1.54) is 64.7 Å². The van der Waals surface area contributed by atoms with Crippen molar-refractivity contribution in [2.75, 3.05) is 0 Å². The van der Waals surface area contributed by atoms with Crippen LogP contribution in [-0.2, 0) is 23.9 Å². The summed E-state index contributed by atoms with van der Waals surface area (Å²) in [6.07, 6.45) is 16.3. The van der Waals surface area contributed by atoms with Crippen molar-refractivity contribution in [3.63, 3.8) is 0 Å². The van der Waals surface area contributed by atoms with Crippen LogP contribution in [0.25, 0.3) is 0 Å². The number of carbonyl (C=O) groups excluding carboxylic acids is 3. The minimum atomic E-state index is -0.475. The SMILES string of the molecule is CC(=O)OC(C)CCCCCCCCCCCCCCC1=C(C)C(=O)OC1=O. The van der Waals surface area contributed by atoms with Crippen LogP contribution in [0.5, 0.6) is 0 Å². The summed E-state index contributed by atoms with van der Waals surface area (Å²) < 4.78 is 9.73. The fourth-order valence-corrected chi connectivity index (χ4v) is 3.63. The Labute approximate surface area is 170 Å². The third kappa shape index (κ3) is 10.6. The smallest absolute Gasteiger partial charge is 0.342 e. The van der Waals surface area contributed by atoms with Gasteiger partial charge in [0.2, 0.25) is 0 Å². The maximum absolute atomic E-state index is 11.5. The first-order chi connectivity index (χ1) is 13.4. The van der Waals surface area contributed by atoms with Crippen LogP contribution in [0.4, 0.5) is 0 Å². The summed E-state index contributed by atoms with van der Waals surface area (Å²) in [7, 11) is 0. The van der Waals surface area contributed by atoms with Crippen molar-refractivity contribution >= 4 is 17.9 Å². The Morgan fingerprint density at radius 1 is 0.821 bits per heavy atom. The lowest BCUT2D eigenvalue weighted by Gasteiger charge is -2.11. The van der Waals surface area contributed by atoms with Gasteiger partial charge in [0.15, 0.2) is 0 Å². The molecular weight excluding hydrogens is 356 g/mol. The Hall–Kier alpha value is -1.65. The van der Waals surface area contributed by atoms with E-state index in [0.717, 1.165) is 25.7 Å². The lowest BCUT2D eigenvalue weighted by molar-refractivity contribution is -0.151. The van der Waals surface area contributed by atoms with Crippen LogP contribution >= 0.6 is 0 Å². The molecule has 1 rings (SSSR count). The third-order valence-corrected chi connectivity index (χ3v) is 5.35. The topological polar surface area (TPSA) is 69.7 Å². The van der Waals surface area contributed by atoms with Crippen LogP contribution in [0.1, 0.15) is 111 Å². The molecule has 0 saturated heterocycles. The van der Waals surface area contributed by atoms with Crippen LogP contribution in [0, 0.1) is 0 Å². The first kappa shape index (κ1) is 24.4. The number of ether oxygens (including phenoxy) is 2. The summed E-state index contributed by atoms with van der Waals surface area (Å²) in [6.45, 7) is 5.10. The zero-order valence-corrected chi connectivity index (χ0v) is 18.0. The highest BCUT2D eigenvalue weighted by Crippen LogP contribution is 2.22. The predicted octanol–water partition coefficient (Wildman–Crippen LogP) is 5.80. The molecule has 0 radical (unpaired) electrons. The van der Waals surface area contributed by atoms with Gasteiger partial charge in [0.1, 0.15) is 0 Å². The Kier molecular flexibility index (Phi) is 12.5. The molecule has 5 heteroatoms. The van der Waals surface area contributed by atoms with Crippen LogP contribution in [-0.4, -0.2) is 24.0 Å². The molecule has 1 heterocycles. The van der Waals surface area contributed by atoms with E-state index in [-0.39, 0.29) is 12.1 Å². The second kappa shape index (κ2) is 14.4. The monoisotopic (exact) mass is 394 g/mol. The lowest BCUT2D eigenvalue weighted by atomic mass is 10.0. The van der Waals surface area contributed by atoms with E-state index in [2.05, 4.69) is 4.74 Å². The minimum absolute atomic E-state index is 0.0488. The normalized spacial score (nSPS) is 15.1. The number of cyclic esters (lactones) is 2. The highest BCUT2D eigenvalue weighted by atomic mass is 16.6. The van der Waals surface area contributed by atoms with Gasteiger partial charge >= 0.3 is 17.9 Å². The van der Waals surface area contributed by atoms with Gasteiger partial charge in [0.05, 0.1) is 6.10 Å². The molecule has 1 atom stereocenters. The van der Waals surface area contributed by atoms with E-state index >= 15 is 0 Å². The van der Waals surface area contributed by atoms with E-state index in [1.807, 2.05) is 6.92 Å². The van der Waals surface area contributed by atoms with Crippen molar-refractivity contribution in [3.05, 3.63) is 11.1 Å². The van der Waals surface area contributed by atoms with Gasteiger partial charge in [-0.2, -0.15) is 0 Å². The maximum atomic E-state index is 11.5. The molecule has 0 aliphatic carbocycles.